The molecule has 1 heterocycles. The number of para-hydroxylation sites is 1. The molecule has 0 saturated carbocycles. The summed E-state index contributed by atoms with van der Waals surface area (Å²) in [7, 11) is 1.69. The molecule has 102 valence electrons. The molecule has 2 rings (SSSR count). The molecule has 5 heteroatoms. The molecule has 0 aliphatic heterocycles. The second-order valence-electron chi connectivity index (χ2n) is 4.35. The number of rotatable bonds is 6. The number of nitrogens with two attached hydrogens (primary N) is 1. The first-order chi connectivity index (χ1) is 9.27. The van der Waals surface area contributed by atoms with E-state index in [0.29, 0.717) is 6.61 Å². The van der Waals surface area contributed by atoms with Gasteiger partial charge in [-0.15, -0.1) is 0 Å². The van der Waals surface area contributed by atoms with Gasteiger partial charge in [-0.3, -0.25) is 0 Å². The molecule has 0 spiro atoms. The molecule has 0 amide bonds. The number of ether oxygens (including phenoxy) is 1. The Labute approximate surface area is 112 Å². The van der Waals surface area contributed by atoms with Crippen LogP contribution in [0.25, 0.3) is 5.69 Å². The van der Waals surface area contributed by atoms with Gasteiger partial charge >= 0.3 is 0 Å². The molecular formula is C14H19N3O2. The molecule has 0 radical (unpaired) electrons. The van der Waals surface area contributed by atoms with Gasteiger partial charge in [-0.05, 0) is 18.1 Å². The molecule has 0 bridgehead atoms. The van der Waals surface area contributed by atoms with Crippen molar-refractivity contribution in [3.63, 3.8) is 0 Å². The van der Waals surface area contributed by atoms with Crippen molar-refractivity contribution in [1.82, 2.24) is 9.55 Å². The van der Waals surface area contributed by atoms with Crippen LogP contribution in [-0.2, 0) is 11.2 Å². The van der Waals surface area contributed by atoms with E-state index in [1.807, 2.05) is 22.8 Å². The third-order valence-electron chi connectivity index (χ3n) is 3.07. The van der Waals surface area contributed by atoms with E-state index >= 15 is 0 Å². The van der Waals surface area contributed by atoms with Crippen LogP contribution in [0.1, 0.15) is 17.3 Å². The molecule has 2 aromatic rings. The van der Waals surface area contributed by atoms with Crippen LogP contribution in [0, 0.1) is 0 Å². The highest BCUT2D eigenvalue weighted by Gasteiger charge is 2.13. The summed E-state index contributed by atoms with van der Waals surface area (Å²) >= 11 is 0. The van der Waals surface area contributed by atoms with Crippen molar-refractivity contribution >= 4 is 0 Å². The number of nitrogens with zero attached hydrogens (tertiary/aromatic N) is 2. The molecule has 19 heavy (non-hydrogen) atoms. The lowest BCUT2D eigenvalue weighted by molar-refractivity contribution is 0.202. The highest BCUT2D eigenvalue weighted by molar-refractivity contribution is 5.42. The standard InChI is InChI=1S/C14H19N3O2/c1-19-7-6-11-4-2-3-5-13(11)17-10-16-8-14(17)12(15)9-18/h2-5,8,10,12,18H,6-7,9,15H2,1H3. The number of aromatic nitrogens is 2. The van der Waals surface area contributed by atoms with E-state index in [9.17, 15) is 5.11 Å². The lowest BCUT2D eigenvalue weighted by Gasteiger charge is -2.15. The van der Waals surface area contributed by atoms with Gasteiger partial charge in [-0.1, -0.05) is 18.2 Å². The molecule has 0 aliphatic rings. The average molecular weight is 261 g/mol. The zero-order valence-electron chi connectivity index (χ0n) is 11.0. The van der Waals surface area contributed by atoms with Gasteiger partial charge < -0.3 is 20.1 Å². The van der Waals surface area contributed by atoms with Crippen LogP contribution in [0.2, 0.25) is 0 Å². The molecule has 0 saturated heterocycles. The van der Waals surface area contributed by atoms with Crippen LogP contribution in [0.3, 0.4) is 0 Å². The third-order valence-corrected chi connectivity index (χ3v) is 3.07. The van der Waals surface area contributed by atoms with Gasteiger partial charge in [0, 0.05) is 7.11 Å². The second-order valence-corrected chi connectivity index (χ2v) is 4.35. The van der Waals surface area contributed by atoms with Gasteiger partial charge in [0.25, 0.3) is 0 Å². The molecule has 1 aromatic heterocycles. The number of methoxy groups -OCH3 is 1. The topological polar surface area (TPSA) is 73.3 Å². The van der Waals surface area contributed by atoms with Crippen LogP contribution in [0.15, 0.2) is 36.8 Å². The number of hydrogen-bond acceptors (Lipinski definition) is 4. The summed E-state index contributed by atoms with van der Waals surface area (Å²) in [6.45, 7) is 0.555. The first-order valence-corrected chi connectivity index (χ1v) is 6.23. The minimum atomic E-state index is -0.432. The summed E-state index contributed by atoms with van der Waals surface area (Å²) in [5, 5.41) is 9.20. The Hall–Kier alpha value is -1.69. The van der Waals surface area contributed by atoms with Crippen LogP contribution in [-0.4, -0.2) is 35.0 Å². The van der Waals surface area contributed by atoms with E-state index < -0.39 is 6.04 Å². The minimum Gasteiger partial charge on any atom is -0.394 e. The summed E-state index contributed by atoms with van der Waals surface area (Å²) < 4.78 is 7.05. The first kappa shape index (κ1) is 13.7. The number of imidazole rings is 1. The van der Waals surface area contributed by atoms with Crippen molar-refractivity contribution in [1.29, 1.82) is 0 Å². The Bertz CT molecular complexity index is 525. The lowest BCUT2D eigenvalue weighted by Crippen LogP contribution is -2.18. The lowest BCUT2D eigenvalue weighted by atomic mass is 10.1. The van der Waals surface area contributed by atoms with Crippen molar-refractivity contribution in [2.24, 2.45) is 5.73 Å². The number of aliphatic hydroxyl groups excluding tert-OH is 1. The summed E-state index contributed by atoms with van der Waals surface area (Å²) in [5.41, 5.74) is 8.87. The Morgan fingerprint density at radius 1 is 1.42 bits per heavy atom. The highest BCUT2D eigenvalue weighted by atomic mass is 16.5. The van der Waals surface area contributed by atoms with Crippen molar-refractivity contribution in [3.05, 3.63) is 48.0 Å². The molecule has 3 N–H and O–H groups in total. The van der Waals surface area contributed by atoms with E-state index in [0.717, 1.165) is 23.4 Å². The maximum atomic E-state index is 9.20. The quantitative estimate of drug-likeness (QED) is 0.815. The Morgan fingerprint density at radius 3 is 2.95 bits per heavy atom. The maximum absolute atomic E-state index is 9.20. The first-order valence-electron chi connectivity index (χ1n) is 6.23. The summed E-state index contributed by atoms with van der Waals surface area (Å²) in [5.74, 6) is 0. The molecule has 0 aliphatic carbocycles. The second kappa shape index (κ2) is 6.47. The van der Waals surface area contributed by atoms with Crippen LogP contribution < -0.4 is 5.73 Å². The zero-order valence-corrected chi connectivity index (χ0v) is 11.0. The molecule has 1 atom stereocenters. The van der Waals surface area contributed by atoms with Crippen molar-refractivity contribution in [3.8, 4) is 5.69 Å². The molecule has 1 unspecified atom stereocenters. The smallest absolute Gasteiger partial charge is 0.0994 e. The van der Waals surface area contributed by atoms with Crippen molar-refractivity contribution in [2.75, 3.05) is 20.3 Å². The Kier molecular flexibility index (Phi) is 4.68. The normalized spacial score (nSPS) is 12.6. The van der Waals surface area contributed by atoms with Crippen molar-refractivity contribution in [2.45, 2.75) is 12.5 Å². The summed E-state index contributed by atoms with van der Waals surface area (Å²) in [4.78, 5) is 4.13. The molecular weight excluding hydrogens is 242 g/mol. The van der Waals surface area contributed by atoms with Gasteiger partial charge in [0.1, 0.15) is 0 Å². The zero-order chi connectivity index (χ0) is 13.7. The average Bonchev–Trinajstić information content (AvgIpc) is 2.93. The van der Waals surface area contributed by atoms with Gasteiger partial charge in [-0.25, -0.2) is 4.98 Å². The fraction of sp³-hybridized carbons (Fsp3) is 0.357. The predicted octanol–water partition coefficient (Wildman–Crippen LogP) is 1.05. The van der Waals surface area contributed by atoms with E-state index in [1.54, 1.807) is 19.6 Å². The molecule has 1 aromatic carbocycles. The Morgan fingerprint density at radius 2 is 2.21 bits per heavy atom. The van der Waals surface area contributed by atoms with Crippen LogP contribution >= 0.6 is 0 Å². The minimum absolute atomic E-state index is 0.105. The van der Waals surface area contributed by atoms with Gasteiger partial charge in [0.05, 0.1) is 43.2 Å². The van der Waals surface area contributed by atoms with Gasteiger partial charge in [0.15, 0.2) is 0 Å². The van der Waals surface area contributed by atoms with Crippen molar-refractivity contribution < 1.29 is 9.84 Å². The molecule has 0 fully saturated rings. The van der Waals surface area contributed by atoms with E-state index in [1.165, 1.54) is 0 Å². The summed E-state index contributed by atoms with van der Waals surface area (Å²) in [6, 6.07) is 7.61. The Balaban J connectivity index is 2.38. The monoisotopic (exact) mass is 261 g/mol. The summed E-state index contributed by atoms with van der Waals surface area (Å²) in [6.07, 6.45) is 4.23. The number of benzene rings is 1. The number of aliphatic hydroxyl groups is 1. The fourth-order valence-electron chi connectivity index (χ4n) is 2.04. The maximum Gasteiger partial charge on any atom is 0.0994 e. The van der Waals surface area contributed by atoms with Crippen LogP contribution in [0.4, 0.5) is 0 Å². The van der Waals surface area contributed by atoms with E-state index in [-0.39, 0.29) is 6.61 Å². The number of hydrogen-bond donors (Lipinski definition) is 2. The SMILES string of the molecule is COCCc1ccccc1-n1cncc1C(N)CO. The van der Waals surface area contributed by atoms with Gasteiger partial charge in [-0.2, -0.15) is 0 Å². The van der Waals surface area contributed by atoms with Gasteiger partial charge in [0.2, 0.25) is 0 Å². The van der Waals surface area contributed by atoms with E-state index in [2.05, 4.69) is 11.1 Å². The van der Waals surface area contributed by atoms with E-state index in [4.69, 9.17) is 10.5 Å². The fourth-order valence-corrected chi connectivity index (χ4v) is 2.04. The predicted molar refractivity (Wildman–Crippen MR) is 73.2 cm³/mol. The van der Waals surface area contributed by atoms with Crippen LogP contribution in [0.5, 0.6) is 0 Å². The highest BCUT2D eigenvalue weighted by Crippen LogP contribution is 2.20. The largest absolute Gasteiger partial charge is 0.394 e. The molecule has 5 nitrogen and oxygen atoms in total. The third kappa shape index (κ3) is 3.01.